The number of aromatic nitrogens is 3. The number of anilines is 2. The van der Waals surface area contributed by atoms with Crippen LogP contribution in [0.1, 0.15) is 28.8 Å². The highest BCUT2D eigenvalue weighted by Crippen LogP contribution is 2.57. The van der Waals surface area contributed by atoms with Gasteiger partial charge < -0.3 is 19.9 Å². The number of rotatable bonds is 4. The fraction of sp³-hybridized carbons (Fsp3) is 0.320. The molecule has 2 aromatic heterocycles. The summed E-state index contributed by atoms with van der Waals surface area (Å²) >= 11 is 0. The highest BCUT2D eigenvalue weighted by molar-refractivity contribution is 5.98. The molecule has 172 valence electrons. The number of pyridine rings is 1. The van der Waals surface area contributed by atoms with Crippen LogP contribution in [0.5, 0.6) is 5.75 Å². The summed E-state index contributed by atoms with van der Waals surface area (Å²) in [6, 6.07) is 9.52. The van der Waals surface area contributed by atoms with Crippen LogP contribution in [-0.4, -0.2) is 65.0 Å². The third-order valence-corrected chi connectivity index (χ3v) is 6.89. The van der Waals surface area contributed by atoms with E-state index < -0.39 is 0 Å². The summed E-state index contributed by atoms with van der Waals surface area (Å²) in [5, 5.41) is 2.76. The summed E-state index contributed by atoms with van der Waals surface area (Å²) in [7, 11) is 1.62. The summed E-state index contributed by atoms with van der Waals surface area (Å²) in [4.78, 5) is 42.2. The van der Waals surface area contributed by atoms with Gasteiger partial charge in [-0.2, -0.15) is 0 Å². The van der Waals surface area contributed by atoms with Crippen molar-refractivity contribution < 1.29 is 14.3 Å². The third-order valence-electron chi connectivity index (χ3n) is 6.89. The maximum atomic E-state index is 13.1. The van der Waals surface area contributed by atoms with E-state index in [2.05, 4.69) is 31.2 Å². The first-order chi connectivity index (χ1) is 16.6. The van der Waals surface area contributed by atoms with Crippen LogP contribution >= 0.6 is 0 Å². The van der Waals surface area contributed by atoms with Crippen molar-refractivity contribution in [1.29, 1.82) is 0 Å². The summed E-state index contributed by atoms with van der Waals surface area (Å²) < 4.78 is 5.29. The van der Waals surface area contributed by atoms with Crippen molar-refractivity contribution in [3.8, 4) is 17.0 Å². The number of ether oxygens (including phenoxy) is 1. The quantitative estimate of drug-likeness (QED) is 0.643. The van der Waals surface area contributed by atoms with Crippen molar-refractivity contribution in [3.63, 3.8) is 0 Å². The Bertz CT molecular complexity index is 1290. The van der Waals surface area contributed by atoms with Crippen molar-refractivity contribution >= 4 is 23.5 Å². The van der Waals surface area contributed by atoms with Gasteiger partial charge in [-0.25, -0.2) is 9.97 Å². The van der Waals surface area contributed by atoms with E-state index in [1.54, 1.807) is 36.7 Å². The van der Waals surface area contributed by atoms with Crippen LogP contribution < -0.4 is 15.0 Å². The Labute approximate surface area is 196 Å². The second kappa shape index (κ2) is 7.79. The van der Waals surface area contributed by atoms with Crippen molar-refractivity contribution in [1.82, 2.24) is 25.2 Å². The van der Waals surface area contributed by atoms with E-state index in [-0.39, 0.29) is 23.8 Å². The molecule has 4 heterocycles. The first-order valence-corrected chi connectivity index (χ1v) is 11.4. The zero-order valence-corrected chi connectivity index (χ0v) is 18.8. The number of fused-ring (bicyclic) bond motifs is 2. The zero-order valence-electron chi connectivity index (χ0n) is 18.8. The Morgan fingerprint density at radius 2 is 1.94 bits per heavy atom. The normalized spacial score (nSPS) is 18.0. The minimum atomic E-state index is -0.130. The van der Waals surface area contributed by atoms with E-state index in [0.29, 0.717) is 24.6 Å². The zero-order chi connectivity index (χ0) is 23.3. The van der Waals surface area contributed by atoms with Crippen LogP contribution in [0.15, 0.2) is 48.9 Å². The number of hydrogen-bond acceptors (Lipinski definition) is 7. The number of carbonyl (C=O) groups is 2. The Kier molecular flexibility index (Phi) is 4.72. The molecule has 0 bridgehead atoms. The minimum absolute atomic E-state index is 0.0897. The van der Waals surface area contributed by atoms with Crippen LogP contribution in [0.4, 0.5) is 11.6 Å². The smallest absolute Gasteiger partial charge is 0.254 e. The van der Waals surface area contributed by atoms with Crippen molar-refractivity contribution in [2.45, 2.75) is 18.3 Å². The van der Waals surface area contributed by atoms with Gasteiger partial charge >= 0.3 is 0 Å². The van der Waals surface area contributed by atoms with E-state index in [4.69, 9.17) is 4.74 Å². The molecular formula is C25H24N6O3. The average Bonchev–Trinajstić information content (AvgIpc) is 3.59. The predicted octanol–water partition coefficient (Wildman–Crippen LogP) is 2.30. The number of methoxy groups -OCH3 is 1. The molecule has 2 fully saturated rings. The molecule has 34 heavy (non-hydrogen) atoms. The molecule has 6 rings (SSSR count). The third kappa shape index (κ3) is 3.44. The fourth-order valence-corrected chi connectivity index (χ4v) is 4.85. The Balaban J connectivity index is 1.31. The van der Waals surface area contributed by atoms with E-state index in [1.165, 1.54) is 5.56 Å². The van der Waals surface area contributed by atoms with Gasteiger partial charge in [0, 0.05) is 66.5 Å². The lowest BCUT2D eigenvalue weighted by atomic mass is 9.97. The molecule has 3 aliphatic rings. The lowest BCUT2D eigenvalue weighted by Gasteiger charge is -2.27. The summed E-state index contributed by atoms with van der Waals surface area (Å²) in [5.41, 5.74) is 4.44. The average molecular weight is 457 g/mol. The standard InChI is InChI=1S/C25H24N6O3/c1-34-18-4-7-26-20(11-18)17-12-28-24(29-13-17)31-15-25(5-6-25)19-3-2-16(10-21(19)31)23(33)30-9-8-27-22(32)14-30/h2-4,7,10-13H,5-6,8-9,14-15H2,1H3,(H,27,32). The number of benzene rings is 1. The van der Waals surface area contributed by atoms with E-state index in [1.807, 2.05) is 18.2 Å². The molecule has 1 N–H and O–H groups in total. The molecule has 1 saturated carbocycles. The Morgan fingerprint density at radius 3 is 2.68 bits per heavy atom. The molecule has 3 aromatic rings. The number of nitrogens with zero attached hydrogens (tertiary/aromatic N) is 5. The topological polar surface area (TPSA) is 101 Å². The number of nitrogens with one attached hydrogen (secondary N) is 1. The van der Waals surface area contributed by atoms with Gasteiger partial charge in [0.2, 0.25) is 11.9 Å². The molecule has 1 spiro atoms. The molecule has 2 amide bonds. The molecule has 0 radical (unpaired) electrons. The van der Waals surface area contributed by atoms with Gasteiger partial charge in [0.25, 0.3) is 5.91 Å². The fourth-order valence-electron chi connectivity index (χ4n) is 4.85. The summed E-state index contributed by atoms with van der Waals surface area (Å²) in [6.45, 7) is 1.88. The monoisotopic (exact) mass is 456 g/mol. The maximum absolute atomic E-state index is 13.1. The second-order valence-corrected chi connectivity index (χ2v) is 9.03. The molecule has 9 nitrogen and oxygen atoms in total. The molecule has 1 aliphatic carbocycles. The molecule has 1 saturated heterocycles. The van der Waals surface area contributed by atoms with Gasteiger partial charge in [-0.05, 0) is 36.6 Å². The van der Waals surface area contributed by atoms with Crippen LogP contribution in [-0.2, 0) is 10.2 Å². The Hall–Kier alpha value is -4.01. The van der Waals surface area contributed by atoms with Gasteiger partial charge in [0.1, 0.15) is 5.75 Å². The number of hydrogen-bond donors (Lipinski definition) is 1. The summed E-state index contributed by atoms with van der Waals surface area (Å²) in [5.74, 6) is 1.06. The Morgan fingerprint density at radius 1 is 1.12 bits per heavy atom. The van der Waals surface area contributed by atoms with Crippen molar-refractivity contribution in [2.75, 3.05) is 38.2 Å². The van der Waals surface area contributed by atoms with Crippen LogP contribution in [0, 0.1) is 0 Å². The highest BCUT2D eigenvalue weighted by Gasteiger charge is 2.52. The van der Waals surface area contributed by atoms with Crippen LogP contribution in [0.25, 0.3) is 11.3 Å². The summed E-state index contributed by atoms with van der Waals surface area (Å²) in [6.07, 6.45) is 7.45. The van der Waals surface area contributed by atoms with Gasteiger partial charge in [0.15, 0.2) is 0 Å². The molecule has 0 atom stereocenters. The SMILES string of the molecule is COc1ccnc(-c2cnc(N3CC4(CC4)c4ccc(C(=O)N5CCNC(=O)C5)cc43)nc2)c1. The second-order valence-electron chi connectivity index (χ2n) is 9.03. The molecule has 2 aliphatic heterocycles. The maximum Gasteiger partial charge on any atom is 0.254 e. The lowest BCUT2D eigenvalue weighted by molar-refractivity contribution is -0.123. The minimum Gasteiger partial charge on any atom is -0.497 e. The van der Waals surface area contributed by atoms with E-state index >= 15 is 0 Å². The van der Waals surface area contributed by atoms with Crippen molar-refractivity contribution in [3.05, 3.63) is 60.0 Å². The van der Waals surface area contributed by atoms with Gasteiger partial charge in [0.05, 0.1) is 19.3 Å². The first kappa shape index (κ1) is 20.6. The highest BCUT2D eigenvalue weighted by atomic mass is 16.5. The lowest BCUT2D eigenvalue weighted by Crippen LogP contribution is -2.49. The number of amides is 2. The first-order valence-electron chi connectivity index (χ1n) is 11.4. The molecule has 9 heteroatoms. The molecular weight excluding hydrogens is 432 g/mol. The van der Waals surface area contributed by atoms with Gasteiger partial charge in [-0.1, -0.05) is 6.07 Å². The molecule has 0 unspecified atom stereocenters. The number of piperazine rings is 1. The van der Waals surface area contributed by atoms with Crippen LogP contribution in [0.2, 0.25) is 0 Å². The van der Waals surface area contributed by atoms with Gasteiger partial charge in [-0.3, -0.25) is 14.6 Å². The van der Waals surface area contributed by atoms with Crippen molar-refractivity contribution in [2.24, 2.45) is 0 Å². The largest absolute Gasteiger partial charge is 0.497 e. The van der Waals surface area contributed by atoms with E-state index in [0.717, 1.165) is 42.1 Å². The number of carbonyl (C=O) groups excluding carboxylic acids is 2. The predicted molar refractivity (Wildman–Crippen MR) is 125 cm³/mol. The van der Waals surface area contributed by atoms with E-state index in [9.17, 15) is 9.59 Å². The molecule has 1 aromatic carbocycles. The van der Waals surface area contributed by atoms with Crippen LogP contribution in [0.3, 0.4) is 0 Å². The van der Waals surface area contributed by atoms with Gasteiger partial charge in [-0.15, -0.1) is 0 Å².